The quantitative estimate of drug-likeness (QED) is 0.647. The topological polar surface area (TPSA) is 69.8 Å². The van der Waals surface area contributed by atoms with Crippen molar-refractivity contribution < 1.29 is 4.79 Å². The van der Waals surface area contributed by atoms with Gasteiger partial charge >= 0.3 is 0 Å². The summed E-state index contributed by atoms with van der Waals surface area (Å²) in [5.41, 5.74) is 4.64. The van der Waals surface area contributed by atoms with Crippen LogP contribution in [0.5, 0.6) is 0 Å². The average molecular weight is 334 g/mol. The van der Waals surface area contributed by atoms with Crippen LogP contribution in [0, 0.1) is 13.8 Å². The van der Waals surface area contributed by atoms with Crippen LogP contribution in [0.2, 0.25) is 0 Å². The molecule has 0 aliphatic carbocycles. The number of H-pyrrole nitrogens is 1. The summed E-state index contributed by atoms with van der Waals surface area (Å²) in [7, 11) is 0. The Morgan fingerprint density at radius 3 is 2.04 bits per heavy atom. The molecule has 0 radical (unpaired) electrons. The third kappa shape index (κ3) is 4.14. The molecule has 0 aliphatic heterocycles. The fourth-order valence-electron chi connectivity index (χ4n) is 2.83. The van der Waals surface area contributed by atoms with Crippen molar-refractivity contribution in [2.24, 2.45) is 0 Å². The van der Waals surface area contributed by atoms with Gasteiger partial charge in [0.25, 0.3) is 0 Å². The number of aromatic amines is 1. The van der Waals surface area contributed by atoms with Gasteiger partial charge in [0.15, 0.2) is 0 Å². The Kier molecular flexibility index (Phi) is 5.26. The summed E-state index contributed by atoms with van der Waals surface area (Å²) in [6.07, 6.45) is 0. The maximum atomic E-state index is 12.4. The summed E-state index contributed by atoms with van der Waals surface area (Å²) < 4.78 is 0. The van der Waals surface area contributed by atoms with E-state index in [1.807, 2.05) is 50.2 Å². The van der Waals surface area contributed by atoms with E-state index in [0.29, 0.717) is 0 Å². The third-order valence-corrected chi connectivity index (χ3v) is 4.13. The molecule has 1 aromatic heterocycles. The van der Waals surface area contributed by atoms with Crippen LogP contribution in [0.15, 0.2) is 60.7 Å². The van der Waals surface area contributed by atoms with Gasteiger partial charge in [-0.3, -0.25) is 15.2 Å². The van der Waals surface area contributed by atoms with Gasteiger partial charge in [-0.1, -0.05) is 60.7 Å². The first kappa shape index (κ1) is 16.9. The Labute approximate surface area is 147 Å². The normalized spacial score (nSPS) is 10.8. The Morgan fingerprint density at radius 2 is 1.56 bits per heavy atom. The van der Waals surface area contributed by atoms with Gasteiger partial charge in [0.1, 0.15) is 0 Å². The first-order chi connectivity index (χ1) is 12.1. The number of amides is 1. The van der Waals surface area contributed by atoms with Crippen LogP contribution in [0.4, 0.5) is 5.69 Å². The van der Waals surface area contributed by atoms with Gasteiger partial charge in [0.05, 0.1) is 29.7 Å². The highest BCUT2D eigenvalue weighted by atomic mass is 16.1. The van der Waals surface area contributed by atoms with E-state index in [0.717, 1.165) is 28.2 Å². The molecule has 5 nitrogen and oxygen atoms in total. The van der Waals surface area contributed by atoms with Crippen molar-refractivity contribution in [2.75, 3.05) is 11.9 Å². The molecule has 0 aliphatic rings. The van der Waals surface area contributed by atoms with Crippen LogP contribution in [0.25, 0.3) is 0 Å². The minimum absolute atomic E-state index is 0.0420. The summed E-state index contributed by atoms with van der Waals surface area (Å²) in [5, 5.41) is 13.3. The van der Waals surface area contributed by atoms with Crippen LogP contribution in [-0.2, 0) is 4.79 Å². The molecule has 0 spiro atoms. The molecule has 1 amide bonds. The molecular weight excluding hydrogens is 312 g/mol. The van der Waals surface area contributed by atoms with Gasteiger partial charge in [-0.2, -0.15) is 5.10 Å². The van der Waals surface area contributed by atoms with Crippen molar-refractivity contribution in [3.63, 3.8) is 0 Å². The minimum atomic E-state index is -0.0931. The maximum Gasteiger partial charge on any atom is 0.238 e. The van der Waals surface area contributed by atoms with Crippen molar-refractivity contribution in [3.8, 4) is 0 Å². The Balaban J connectivity index is 1.72. The molecule has 1 heterocycles. The Morgan fingerprint density at radius 1 is 1.00 bits per heavy atom. The van der Waals surface area contributed by atoms with E-state index in [2.05, 4.69) is 45.1 Å². The maximum absolute atomic E-state index is 12.4. The van der Waals surface area contributed by atoms with Gasteiger partial charge in [-0.05, 0) is 25.0 Å². The lowest BCUT2D eigenvalue weighted by atomic mass is 9.99. The molecule has 25 heavy (non-hydrogen) atoms. The lowest BCUT2D eigenvalue weighted by Crippen LogP contribution is -2.32. The molecule has 0 fully saturated rings. The molecule has 128 valence electrons. The third-order valence-electron chi connectivity index (χ3n) is 4.13. The van der Waals surface area contributed by atoms with E-state index >= 15 is 0 Å². The predicted octanol–water partition coefficient (Wildman–Crippen LogP) is 3.34. The molecule has 0 saturated heterocycles. The zero-order valence-corrected chi connectivity index (χ0v) is 14.4. The number of hydrogen-bond acceptors (Lipinski definition) is 3. The number of aromatic nitrogens is 2. The van der Waals surface area contributed by atoms with Gasteiger partial charge in [-0.15, -0.1) is 0 Å². The number of carbonyl (C=O) groups is 1. The van der Waals surface area contributed by atoms with Crippen LogP contribution in [0.1, 0.15) is 28.6 Å². The van der Waals surface area contributed by atoms with Crippen molar-refractivity contribution in [3.05, 3.63) is 83.2 Å². The van der Waals surface area contributed by atoms with Gasteiger partial charge in [0, 0.05) is 0 Å². The van der Waals surface area contributed by atoms with Crippen LogP contribution < -0.4 is 10.6 Å². The monoisotopic (exact) mass is 334 g/mol. The van der Waals surface area contributed by atoms with Crippen molar-refractivity contribution in [1.82, 2.24) is 15.5 Å². The van der Waals surface area contributed by atoms with E-state index in [9.17, 15) is 4.79 Å². The lowest BCUT2D eigenvalue weighted by Gasteiger charge is -2.19. The second-order valence-electron chi connectivity index (χ2n) is 5.99. The summed E-state index contributed by atoms with van der Waals surface area (Å²) in [6, 6.07) is 20.2. The van der Waals surface area contributed by atoms with Gasteiger partial charge in [-0.25, -0.2) is 0 Å². The zero-order valence-electron chi connectivity index (χ0n) is 14.4. The van der Waals surface area contributed by atoms with Gasteiger partial charge in [0.2, 0.25) is 5.91 Å². The van der Waals surface area contributed by atoms with E-state index in [1.54, 1.807) is 0 Å². The highest BCUT2D eigenvalue weighted by Gasteiger charge is 2.16. The van der Waals surface area contributed by atoms with E-state index in [4.69, 9.17) is 0 Å². The summed E-state index contributed by atoms with van der Waals surface area (Å²) in [6.45, 7) is 3.96. The molecule has 2 aromatic carbocycles. The minimum Gasteiger partial charge on any atom is -0.322 e. The number of benzene rings is 2. The van der Waals surface area contributed by atoms with Crippen molar-refractivity contribution in [1.29, 1.82) is 0 Å². The number of carbonyl (C=O) groups excluding carboxylic acids is 1. The number of nitrogens with zero attached hydrogens (tertiary/aromatic N) is 1. The predicted molar refractivity (Wildman–Crippen MR) is 99.4 cm³/mol. The number of aryl methyl sites for hydroxylation is 2. The largest absolute Gasteiger partial charge is 0.322 e. The second-order valence-corrected chi connectivity index (χ2v) is 5.99. The SMILES string of the molecule is Cc1n[nH]c(C)c1NC(=O)CNC(c1ccccc1)c1ccccc1. The summed E-state index contributed by atoms with van der Waals surface area (Å²) in [4.78, 5) is 12.4. The molecule has 3 aromatic rings. The van der Waals surface area contributed by atoms with Crippen LogP contribution in [0.3, 0.4) is 0 Å². The number of rotatable bonds is 6. The molecule has 0 saturated carbocycles. The molecule has 5 heteroatoms. The molecule has 0 atom stereocenters. The lowest BCUT2D eigenvalue weighted by molar-refractivity contribution is -0.115. The highest BCUT2D eigenvalue weighted by Crippen LogP contribution is 2.21. The zero-order chi connectivity index (χ0) is 17.6. The Bertz CT molecular complexity index is 768. The van der Waals surface area contributed by atoms with Gasteiger partial charge < -0.3 is 5.32 Å². The first-order valence-electron chi connectivity index (χ1n) is 8.30. The fourth-order valence-corrected chi connectivity index (χ4v) is 2.83. The molecule has 3 N–H and O–H groups in total. The summed E-state index contributed by atoms with van der Waals surface area (Å²) in [5.74, 6) is -0.0931. The van der Waals surface area contributed by atoms with Crippen molar-refractivity contribution >= 4 is 11.6 Å². The van der Waals surface area contributed by atoms with Crippen LogP contribution >= 0.6 is 0 Å². The summed E-state index contributed by atoms with van der Waals surface area (Å²) >= 11 is 0. The highest BCUT2D eigenvalue weighted by molar-refractivity contribution is 5.93. The van der Waals surface area contributed by atoms with E-state index < -0.39 is 0 Å². The average Bonchev–Trinajstić information content (AvgIpc) is 2.96. The molecule has 0 bridgehead atoms. The smallest absolute Gasteiger partial charge is 0.238 e. The standard InChI is InChI=1S/C20H22N4O/c1-14-19(15(2)24-23-14)22-18(25)13-21-20(16-9-5-3-6-10-16)17-11-7-4-8-12-17/h3-12,20-21H,13H2,1-2H3,(H,22,25)(H,23,24). The molecule has 0 unspecified atom stereocenters. The van der Waals surface area contributed by atoms with E-state index in [-0.39, 0.29) is 18.5 Å². The van der Waals surface area contributed by atoms with E-state index in [1.165, 1.54) is 0 Å². The number of nitrogens with one attached hydrogen (secondary N) is 3. The second kappa shape index (κ2) is 7.77. The number of hydrogen-bond donors (Lipinski definition) is 3. The molecule has 3 rings (SSSR count). The first-order valence-corrected chi connectivity index (χ1v) is 8.30. The van der Waals surface area contributed by atoms with Crippen LogP contribution in [-0.4, -0.2) is 22.6 Å². The number of anilines is 1. The fraction of sp³-hybridized carbons (Fsp3) is 0.200. The van der Waals surface area contributed by atoms with Crippen molar-refractivity contribution in [2.45, 2.75) is 19.9 Å². The Hall–Kier alpha value is -2.92. The molecular formula is C20H22N4O.